The third kappa shape index (κ3) is 2.59. The Bertz CT molecular complexity index is 473. The van der Waals surface area contributed by atoms with Gasteiger partial charge in [-0.15, -0.1) is 0 Å². The van der Waals surface area contributed by atoms with Gasteiger partial charge in [0.2, 0.25) is 5.91 Å². The standard InChI is InChI=1S/C15H22N2O2/c1-10-4-7-15(19-3)13(8-10)14-6-5-12(9-16)17(14)11(2)18/h4,7-8,12,14H,5-6,9,16H2,1-3H3. The van der Waals surface area contributed by atoms with Crippen LogP contribution >= 0.6 is 0 Å². The maximum Gasteiger partial charge on any atom is 0.220 e. The predicted molar refractivity (Wildman–Crippen MR) is 75.1 cm³/mol. The average Bonchev–Trinajstić information content (AvgIpc) is 2.82. The van der Waals surface area contributed by atoms with Gasteiger partial charge in [-0.05, 0) is 25.8 Å². The molecule has 1 aliphatic rings. The molecule has 1 amide bonds. The van der Waals surface area contributed by atoms with E-state index >= 15 is 0 Å². The molecule has 104 valence electrons. The molecule has 0 saturated carbocycles. The van der Waals surface area contributed by atoms with Crippen molar-refractivity contribution in [2.24, 2.45) is 5.73 Å². The number of amides is 1. The molecule has 1 heterocycles. The highest BCUT2D eigenvalue weighted by Crippen LogP contribution is 2.40. The average molecular weight is 262 g/mol. The number of hydrogen-bond acceptors (Lipinski definition) is 3. The number of rotatable bonds is 3. The predicted octanol–water partition coefficient (Wildman–Crippen LogP) is 2.01. The smallest absolute Gasteiger partial charge is 0.220 e. The Hall–Kier alpha value is -1.55. The first-order chi connectivity index (χ1) is 9.08. The van der Waals surface area contributed by atoms with Gasteiger partial charge in [-0.1, -0.05) is 17.7 Å². The zero-order valence-corrected chi connectivity index (χ0v) is 11.8. The topological polar surface area (TPSA) is 55.6 Å². The van der Waals surface area contributed by atoms with Crippen molar-refractivity contribution in [3.8, 4) is 5.75 Å². The summed E-state index contributed by atoms with van der Waals surface area (Å²) in [5, 5.41) is 0. The minimum absolute atomic E-state index is 0.0842. The zero-order valence-electron chi connectivity index (χ0n) is 11.8. The Kier molecular flexibility index (Phi) is 4.10. The van der Waals surface area contributed by atoms with Gasteiger partial charge in [0.25, 0.3) is 0 Å². The lowest BCUT2D eigenvalue weighted by Gasteiger charge is -2.30. The molecule has 0 aromatic heterocycles. The second kappa shape index (κ2) is 5.61. The molecule has 1 aliphatic heterocycles. The Morgan fingerprint density at radius 2 is 2.21 bits per heavy atom. The number of ether oxygens (including phenoxy) is 1. The van der Waals surface area contributed by atoms with Gasteiger partial charge in [0.15, 0.2) is 0 Å². The van der Waals surface area contributed by atoms with E-state index in [-0.39, 0.29) is 18.0 Å². The van der Waals surface area contributed by atoms with Crippen LogP contribution in [-0.2, 0) is 4.79 Å². The van der Waals surface area contributed by atoms with E-state index < -0.39 is 0 Å². The molecule has 2 unspecified atom stereocenters. The van der Waals surface area contributed by atoms with Gasteiger partial charge in [-0.2, -0.15) is 0 Å². The van der Waals surface area contributed by atoms with Crippen molar-refractivity contribution in [3.63, 3.8) is 0 Å². The van der Waals surface area contributed by atoms with E-state index in [4.69, 9.17) is 10.5 Å². The van der Waals surface area contributed by atoms with E-state index in [9.17, 15) is 4.79 Å². The third-order valence-corrected chi connectivity index (χ3v) is 3.88. The summed E-state index contributed by atoms with van der Waals surface area (Å²) < 4.78 is 5.44. The summed E-state index contributed by atoms with van der Waals surface area (Å²) in [7, 11) is 1.67. The minimum Gasteiger partial charge on any atom is -0.496 e. The molecule has 4 nitrogen and oxygen atoms in total. The molecular weight excluding hydrogens is 240 g/mol. The van der Waals surface area contributed by atoms with Crippen LogP contribution in [0.4, 0.5) is 0 Å². The van der Waals surface area contributed by atoms with Crippen LogP contribution in [0.5, 0.6) is 5.75 Å². The molecule has 0 spiro atoms. The number of likely N-dealkylation sites (tertiary alicyclic amines) is 1. The molecule has 19 heavy (non-hydrogen) atoms. The molecule has 1 aromatic rings. The Labute approximate surface area is 114 Å². The number of nitrogens with two attached hydrogens (primary N) is 1. The number of aryl methyl sites for hydroxylation is 1. The van der Waals surface area contributed by atoms with Crippen LogP contribution in [0.2, 0.25) is 0 Å². The van der Waals surface area contributed by atoms with E-state index in [2.05, 4.69) is 13.0 Å². The summed E-state index contributed by atoms with van der Waals surface area (Å²) in [4.78, 5) is 13.8. The lowest BCUT2D eigenvalue weighted by Crippen LogP contribution is -2.40. The van der Waals surface area contributed by atoms with E-state index in [1.54, 1.807) is 14.0 Å². The van der Waals surface area contributed by atoms with Crippen LogP contribution in [0.15, 0.2) is 18.2 Å². The van der Waals surface area contributed by atoms with Gasteiger partial charge in [-0.3, -0.25) is 4.79 Å². The molecule has 2 atom stereocenters. The normalized spacial score (nSPS) is 22.6. The number of nitrogens with zero attached hydrogens (tertiary/aromatic N) is 1. The molecule has 2 N–H and O–H groups in total. The second-order valence-electron chi connectivity index (χ2n) is 5.15. The maximum atomic E-state index is 11.9. The van der Waals surface area contributed by atoms with Crippen LogP contribution in [0.1, 0.15) is 36.9 Å². The third-order valence-electron chi connectivity index (χ3n) is 3.88. The number of methoxy groups -OCH3 is 1. The zero-order chi connectivity index (χ0) is 14.0. The van der Waals surface area contributed by atoms with Crippen LogP contribution in [0.3, 0.4) is 0 Å². The summed E-state index contributed by atoms with van der Waals surface area (Å²) in [5.74, 6) is 0.932. The first kappa shape index (κ1) is 13.9. The number of benzene rings is 1. The van der Waals surface area contributed by atoms with E-state index in [0.717, 1.165) is 24.2 Å². The monoisotopic (exact) mass is 262 g/mol. The lowest BCUT2D eigenvalue weighted by molar-refractivity contribution is -0.131. The molecule has 0 aliphatic carbocycles. The molecule has 0 bridgehead atoms. The summed E-state index contributed by atoms with van der Waals surface area (Å²) in [6, 6.07) is 6.33. The molecule has 0 radical (unpaired) electrons. The summed E-state index contributed by atoms with van der Waals surface area (Å²) in [5.41, 5.74) is 8.05. The fourth-order valence-electron chi connectivity index (χ4n) is 3.01. The van der Waals surface area contributed by atoms with E-state index in [1.807, 2.05) is 17.0 Å². The summed E-state index contributed by atoms with van der Waals surface area (Å²) in [6.45, 7) is 4.18. The first-order valence-corrected chi connectivity index (χ1v) is 6.72. The van der Waals surface area contributed by atoms with Gasteiger partial charge < -0.3 is 15.4 Å². The van der Waals surface area contributed by atoms with Gasteiger partial charge in [0.05, 0.1) is 13.2 Å². The van der Waals surface area contributed by atoms with Gasteiger partial charge in [0.1, 0.15) is 5.75 Å². The second-order valence-corrected chi connectivity index (χ2v) is 5.15. The minimum atomic E-state index is 0.0842. The van der Waals surface area contributed by atoms with Crippen molar-refractivity contribution in [1.29, 1.82) is 0 Å². The van der Waals surface area contributed by atoms with E-state index in [1.165, 1.54) is 5.56 Å². The Morgan fingerprint density at radius 3 is 2.79 bits per heavy atom. The number of carbonyl (C=O) groups is 1. The first-order valence-electron chi connectivity index (χ1n) is 6.72. The lowest BCUT2D eigenvalue weighted by atomic mass is 10.0. The van der Waals surface area contributed by atoms with Gasteiger partial charge in [-0.25, -0.2) is 0 Å². The van der Waals surface area contributed by atoms with Crippen LogP contribution in [-0.4, -0.2) is 30.5 Å². The summed E-state index contributed by atoms with van der Waals surface area (Å²) >= 11 is 0. The molecular formula is C15H22N2O2. The van der Waals surface area contributed by atoms with Crippen LogP contribution in [0, 0.1) is 6.92 Å². The SMILES string of the molecule is COc1ccc(C)cc1C1CCC(CN)N1C(C)=O. The summed E-state index contributed by atoms with van der Waals surface area (Å²) in [6.07, 6.45) is 1.90. The van der Waals surface area contributed by atoms with Gasteiger partial charge in [0, 0.05) is 25.1 Å². The molecule has 1 saturated heterocycles. The highest BCUT2D eigenvalue weighted by atomic mass is 16.5. The van der Waals surface area contributed by atoms with Crippen molar-refractivity contribution in [2.75, 3.05) is 13.7 Å². The Morgan fingerprint density at radius 1 is 1.47 bits per heavy atom. The van der Waals surface area contributed by atoms with Crippen LogP contribution < -0.4 is 10.5 Å². The molecule has 1 aromatic carbocycles. The van der Waals surface area contributed by atoms with Crippen molar-refractivity contribution < 1.29 is 9.53 Å². The number of carbonyl (C=O) groups excluding carboxylic acids is 1. The fourth-order valence-corrected chi connectivity index (χ4v) is 3.01. The molecule has 4 heteroatoms. The molecule has 1 fully saturated rings. The van der Waals surface area contributed by atoms with Crippen molar-refractivity contribution in [1.82, 2.24) is 4.90 Å². The van der Waals surface area contributed by atoms with E-state index in [0.29, 0.717) is 6.54 Å². The fraction of sp³-hybridized carbons (Fsp3) is 0.533. The number of hydrogen-bond donors (Lipinski definition) is 1. The van der Waals surface area contributed by atoms with Crippen molar-refractivity contribution in [3.05, 3.63) is 29.3 Å². The maximum absolute atomic E-state index is 11.9. The van der Waals surface area contributed by atoms with Crippen LogP contribution in [0.25, 0.3) is 0 Å². The van der Waals surface area contributed by atoms with Gasteiger partial charge >= 0.3 is 0 Å². The largest absolute Gasteiger partial charge is 0.496 e. The van der Waals surface area contributed by atoms with Crippen molar-refractivity contribution in [2.45, 2.75) is 38.8 Å². The highest BCUT2D eigenvalue weighted by molar-refractivity contribution is 5.75. The van der Waals surface area contributed by atoms with Crippen molar-refractivity contribution >= 4 is 5.91 Å². The Balaban J connectivity index is 2.40. The molecule has 2 rings (SSSR count). The quantitative estimate of drug-likeness (QED) is 0.906. The highest BCUT2D eigenvalue weighted by Gasteiger charge is 2.36.